The van der Waals surface area contributed by atoms with Gasteiger partial charge in [0.2, 0.25) is 0 Å². The molecule has 0 aromatic heterocycles. The summed E-state index contributed by atoms with van der Waals surface area (Å²) in [6, 6.07) is 13.1. The van der Waals surface area contributed by atoms with Gasteiger partial charge in [0, 0.05) is 11.1 Å². The van der Waals surface area contributed by atoms with Crippen LogP contribution in [0.25, 0.3) is 0 Å². The molecular weight excluding hydrogens is 308 g/mol. The number of hydrogen-bond donors (Lipinski definition) is 0. The molecular formula is C15H11BrO3. The molecule has 3 rings (SSSR count). The number of halogens is 1. The molecule has 0 saturated heterocycles. The van der Waals surface area contributed by atoms with Crippen LogP contribution >= 0.6 is 15.9 Å². The Hall–Kier alpha value is -1.81. The number of rotatable bonds is 2. The summed E-state index contributed by atoms with van der Waals surface area (Å²) in [5.74, 6) is 0.599. The third-order valence-corrected chi connectivity index (χ3v) is 3.81. The van der Waals surface area contributed by atoms with Gasteiger partial charge in [-0.3, -0.25) is 4.79 Å². The fraction of sp³-hybridized carbons (Fsp3) is 0.133. The van der Waals surface area contributed by atoms with Crippen LogP contribution in [0.2, 0.25) is 0 Å². The van der Waals surface area contributed by atoms with Gasteiger partial charge < -0.3 is 9.47 Å². The molecule has 96 valence electrons. The molecule has 0 aliphatic carbocycles. The highest BCUT2D eigenvalue weighted by atomic mass is 79.9. The lowest BCUT2D eigenvalue weighted by molar-refractivity contribution is -0.133. The lowest BCUT2D eigenvalue weighted by atomic mass is 9.92. The maximum absolute atomic E-state index is 12.1. The molecule has 1 atom stereocenters. The molecule has 1 aliphatic heterocycles. The minimum atomic E-state index is -0.427. The minimum absolute atomic E-state index is 0.266. The molecule has 0 amide bonds. The van der Waals surface area contributed by atoms with E-state index in [-0.39, 0.29) is 5.97 Å². The zero-order valence-electron chi connectivity index (χ0n) is 10.2. The van der Waals surface area contributed by atoms with Crippen molar-refractivity contribution in [1.82, 2.24) is 0 Å². The maximum Gasteiger partial charge on any atom is 0.323 e. The van der Waals surface area contributed by atoms with Crippen molar-refractivity contribution < 1.29 is 14.3 Å². The summed E-state index contributed by atoms with van der Waals surface area (Å²) < 4.78 is 11.5. The predicted molar refractivity (Wildman–Crippen MR) is 74.6 cm³/mol. The summed E-state index contributed by atoms with van der Waals surface area (Å²) in [5.41, 5.74) is 1.69. The van der Waals surface area contributed by atoms with E-state index in [1.807, 2.05) is 36.4 Å². The van der Waals surface area contributed by atoms with Gasteiger partial charge in [-0.15, -0.1) is 0 Å². The Bertz CT molecular complexity index is 652. The summed E-state index contributed by atoms with van der Waals surface area (Å²) in [4.78, 5) is 12.1. The van der Waals surface area contributed by atoms with E-state index in [4.69, 9.17) is 9.47 Å². The summed E-state index contributed by atoms with van der Waals surface area (Å²) in [6.07, 6.45) is 0. The predicted octanol–water partition coefficient (Wildman–Crippen LogP) is 3.51. The van der Waals surface area contributed by atoms with Crippen molar-refractivity contribution >= 4 is 21.9 Å². The second kappa shape index (κ2) is 4.70. The number of methoxy groups -OCH3 is 1. The van der Waals surface area contributed by atoms with Crippen LogP contribution in [0.1, 0.15) is 17.0 Å². The van der Waals surface area contributed by atoms with E-state index in [1.165, 1.54) is 0 Å². The minimum Gasteiger partial charge on any atom is -0.495 e. The number of fused-ring (bicyclic) bond motifs is 1. The first kappa shape index (κ1) is 12.2. The number of ether oxygens (including phenoxy) is 2. The second-order valence-electron chi connectivity index (χ2n) is 4.25. The fourth-order valence-electron chi connectivity index (χ4n) is 2.37. The Morgan fingerprint density at radius 1 is 1.11 bits per heavy atom. The Balaban J connectivity index is 2.18. The van der Waals surface area contributed by atoms with Gasteiger partial charge in [0.15, 0.2) is 0 Å². The number of carbonyl (C=O) groups excluding carboxylic acids is 1. The normalized spacial score (nSPS) is 16.9. The molecule has 0 bridgehead atoms. The van der Waals surface area contributed by atoms with E-state index in [0.29, 0.717) is 11.5 Å². The summed E-state index contributed by atoms with van der Waals surface area (Å²) in [5, 5.41) is 0. The van der Waals surface area contributed by atoms with Crippen LogP contribution in [0, 0.1) is 0 Å². The van der Waals surface area contributed by atoms with Gasteiger partial charge >= 0.3 is 5.97 Å². The number of hydrogen-bond acceptors (Lipinski definition) is 3. The molecule has 1 unspecified atom stereocenters. The standard InChI is InChI=1S/C15H11BrO3/c1-18-14-10(6-4-7-11(14)16)13-9-5-2-3-8-12(9)19-15(13)17/h2-8,13H,1H3. The van der Waals surface area contributed by atoms with E-state index >= 15 is 0 Å². The molecule has 19 heavy (non-hydrogen) atoms. The first-order valence-electron chi connectivity index (χ1n) is 5.85. The molecule has 0 N–H and O–H groups in total. The fourth-order valence-corrected chi connectivity index (χ4v) is 2.91. The zero-order chi connectivity index (χ0) is 13.4. The molecule has 4 heteroatoms. The van der Waals surface area contributed by atoms with E-state index in [0.717, 1.165) is 15.6 Å². The van der Waals surface area contributed by atoms with Crippen molar-refractivity contribution in [2.45, 2.75) is 5.92 Å². The van der Waals surface area contributed by atoms with Crippen molar-refractivity contribution in [3.63, 3.8) is 0 Å². The van der Waals surface area contributed by atoms with Crippen molar-refractivity contribution in [3.8, 4) is 11.5 Å². The van der Waals surface area contributed by atoms with Crippen LogP contribution in [-0.2, 0) is 4.79 Å². The first-order valence-corrected chi connectivity index (χ1v) is 6.64. The van der Waals surface area contributed by atoms with Crippen LogP contribution in [-0.4, -0.2) is 13.1 Å². The highest BCUT2D eigenvalue weighted by Gasteiger charge is 2.36. The largest absolute Gasteiger partial charge is 0.495 e. The number of esters is 1. The van der Waals surface area contributed by atoms with Crippen molar-refractivity contribution in [2.24, 2.45) is 0 Å². The van der Waals surface area contributed by atoms with Gasteiger partial charge in [0.05, 0.1) is 11.6 Å². The van der Waals surface area contributed by atoms with Crippen molar-refractivity contribution in [1.29, 1.82) is 0 Å². The molecule has 2 aromatic rings. The van der Waals surface area contributed by atoms with Crippen LogP contribution in [0.5, 0.6) is 11.5 Å². The van der Waals surface area contributed by atoms with E-state index in [2.05, 4.69) is 15.9 Å². The summed E-state index contributed by atoms with van der Waals surface area (Å²) in [7, 11) is 1.59. The third-order valence-electron chi connectivity index (χ3n) is 3.19. The van der Waals surface area contributed by atoms with Crippen LogP contribution in [0.15, 0.2) is 46.9 Å². The monoisotopic (exact) mass is 318 g/mol. The topological polar surface area (TPSA) is 35.5 Å². The zero-order valence-corrected chi connectivity index (χ0v) is 11.8. The molecule has 3 nitrogen and oxygen atoms in total. The highest BCUT2D eigenvalue weighted by Crippen LogP contribution is 2.43. The summed E-state index contributed by atoms with van der Waals surface area (Å²) >= 11 is 3.44. The van der Waals surface area contributed by atoms with Gasteiger partial charge in [-0.05, 0) is 28.1 Å². The number of carbonyl (C=O) groups is 1. The average molecular weight is 319 g/mol. The van der Waals surface area contributed by atoms with Gasteiger partial charge in [-0.1, -0.05) is 30.3 Å². The van der Waals surface area contributed by atoms with Crippen molar-refractivity contribution in [3.05, 3.63) is 58.1 Å². The molecule has 0 spiro atoms. The van der Waals surface area contributed by atoms with Crippen LogP contribution < -0.4 is 9.47 Å². The Labute approximate surface area is 119 Å². The highest BCUT2D eigenvalue weighted by molar-refractivity contribution is 9.10. The Morgan fingerprint density at radius 3 is 2.63 bits per heavy atom. The molecule has 1 aliphatic rings. The molecule has 0 fully saturated rings. The second-order valence-corrected chi connectivity index (χ2v) is 5.11. The Kier molecular flexibility index (Phi) is 3.03. The smallest absolute Gasteiger partial charge is 0.323 e. The van der Waals surface area contributed by atoms with Crippen LogP contribution in [0.3, 0.4) is 0 Å². The quantitative estimate of drug-likeness (QED) is 0.628. The van der Waals surface area contributed by atoms with Crippen LogP contribution in [0.4, 0.5) is 0 Å². The molecule has 0 saturated carbocycles. The molecule has 0 radical (unpaired) electrons. The average Bonchev–Trinajstić information content (AvgIpc) is 2.74. The number of benzene rings is 2. The summed E-state index contributed by atoms with van der Waals surface area (Å²) in [6.45, 7) is 0. The molecule has 2 aromatic carbocycles. The lowest BCUT2D eigenvalue weighted by Gasteiger charge is -2.14. The Morgan fingerprint density at radius 2 is 1.84 bits per heavy atom. The van der Waals surface area contributed by atoms with Gasteiger partial charge in [0.25, 0.3) is 0 Å². The maximum atomic E-state index is 12.1. The van der Waals surface area contributed by atoms with E-state index in [1.54, 1.807) is 13.2 Å². The SMILES string of the molecule is COc1c(Br)cccc1C1C(=O)Oc2ccccc21. The van der Waals surface area contributed by atoms with E-state index in [9.17, 15) is 4.79 Å². The lowest BCUT2D eigenvalue weighted by Crippen LogP contribution is -2.12. The first-order chi connectivity index (χ1) is 9.22. The van der Waals surface area contributed by atoms with E-state index < -0.39 is 5.92 Å². The van der Waals surface area contributed by atoms with Crippen molar-refractivity contribution in [2.75, 3.05) is 7.11 Å². The van der Waals surface area contributed by atoms with Gasteiger partial charge in [-0.2, -0.15) is 0 Å². The molecule has 1 heterocycles. The third kappa shape index (κ3) is 1.92. The van der Waals surface area contributed by atoms with Gasteiger partial charge in [-0.25, -0.2) is 0 Å². The number of para-hydroxylation sites is 2. The van der Waals surface area contributed by atoms with Gasteiger partial charge in [0.1, 0.15) is 17.4 Å².